The summed E-state index contributed by atoms with van der Waals surface area (Å²) in [7, 11) is 0. The number of fused-ring (bicyclic) bond motifs is 1. The maximum absolute atomic E-state index is 12.6. The Morgan fingerprint density at radius 1 is 1.06 bits per heavy atom. The summed E-state index contributed by atoms with van der Waals surface area (Å²) in [5.74, 6) is 3.22. The van der Waals surface area contributed by atoms with Crippen LogP contribution in [0.15, 0.2) is 42.5 Å². The molecule has 3 heterocycles. The van der Waals surface area contributed by atoms with Crippen molar-refractivity contribution < 1.29 is 23.7 Å². The Morgan fingerprint density at radius 3 is 2.59 bits per heavy atom. The predicted octanol–water partition coefficient (Wildman–Crippen LogP) is 4.24. The Balaban J connectivity index is 1.30. The van der Waals surface area contributed by atoms with Gasteiger partial charge >= 0.3 is 0 Å². The molecule has 2 saturated heterocycles. The second-order valence-corrected chi connectivity index (χ2v) is 9.32. The molecule has 2 unspecified atom stereocenters. The van der Waals surface area contributed by atoms with Crippen LogP contribution in [0.3, 0.4) is 0 Å². The fourth-order valence-corrected chi connectivity index (χ4v) is 5.42. The SMILES string of the molecule is Oc1ccc2c(c1)OCC(C1CCOCC1)C2c1ccc(OCCN2CC(CF)C2)cc1. The number of alkyl halides is 1. The van der Waals surface area contributed by atoms with Crippen LogP contribution in [0, 0.1) is 17.8 Å². The number of halogens is 1. The largest absolute Gasteiger partial charge is 0.508 e. The Kier molecular flexibility index (Phi) is 6.51. The molecule has 32 heavy (non-hydrogen) atoms. The number of benzene rings is 2. The standard InChI is InChI=1S/C26H32FNO4/c27-14-18-15-28(16-18)9-12-31-22-4-1-20(2-5-22)26-23-6-3-21(29)13-25(23)32-17-24(26)19-7-10-30-11-8-19/h1-6,13,18-19,24,26,29H,7-12,14-17H2. The van der Waals surface area contributed by atoms with Crippen molar-refractivity contribution in [1.82, 2.24) is 4.90 Å². The molecule has 2 atom stereocenters. The molecule has 2 aromatic rings. The maximum atomic E-state index is 12.6. The highest BCUT2D eigenvalue weighted by Crippen LogP contribution is 2.47. The van der Waals surface area contributed by atoms with Gasteiger partial charge in [-0.05, 0) is 42.5 Å². The van der Waals surface area contributed by atoms with Gasteiger partial charge in [0.2, 0.25) is 0 Å². The van der Waals surface area contributed by atoms with E-state index in [2.05, 4.69) is 17.0 Å². The molecule has 5 rings (SSSR count). The van der Waals surface area contributed by atoms with Crippen molar-refractivity contribution in [3.8, 4) is 17.2 Å². The van der Waals surface area contributed by atoms with Crippen molar-refractivity contribution in [2.75, 3.05) is 52.7 Å². The second kappa shape index (κ2) is 9.67. The highest BCUT2D eigenvalue weighted by molar-refractivity contribution is 5.48. The number of nitrogens with zero attached hydrogens (tertiary/aromatic N) is 1. The minimum absolute atomic E-state index is 0.210. The first-order chi connectivity index (χ1) is 15.7. The van der Waals surface area contributed by atoms with Crippen LogP contribution in [-0.2, 0) is 4.74 Å². The zero-order valence-corrected chi connectivity index (χ0v) is 18.4. The summed E-state index contributed by atoms with van der Waals surface area (Å²) in [6.45, 7) is 5.18. The lowest BCUT2D eigenvalue weighted by molar-refractivity contribution is 0.0274. The van der Waals surface area contributed by atoms with Gasteiger partial charge in [0.05, 0.1) is 13.3 Å². The average Bonchev–Trinajstić information content (AvgIpc) is 2.80. The molecule has 0 amide bonds. The van der Waals surface area contributed by atoms with E-state index in [1.807, 2.05) is 18.2 Å². The summed E-state index contributed by atoms with van der Waals surface area (Å²) in [4.78, 5) is 2.23. The lowest BCUT2D eigenvalue weighted by atomic mass is 9.71. The number of hydrogen-bond acceptors (Lipinski definition) is 5. The fourth-order valence-electron chi connectivity index (χ4n) is 5.42. The van der Waals surface area contributed by atoms with E-state index in [4.69, 9.17) is 14.2 Å². The van der Waals surface area contributed by atoms with E-state index >= 15 is 0 Å². The minimum atomic E-state index is -0.220. The summed E-state index contributed by atoms with van der Waals surface area (Å²) in [5, 5.41) is 9.93. The van der Waals surface area contributed by atoms with Gasteiger partial charge in [-0.2, -0.15) is 0 Å². The van der Waals surface area contributed by atoms with Crippen LogP contribution >= 0.6 is 0 Å². The molecule has 0 radical (unpaired) electrons. The zero-order chi connectivity index (χ0) is 21.9. The lowest BCUT2D eigenvalue weighted by Crippen LogP contribution is -2.49. The van der Waals surface area contributed by atoms with E-state index < -0.39 is 0 Å². The summed E-state index contributed by atoms with van der Waals surface area (Å²) in [6.07, 6.45) is 2.11. The predicted molar refractivity (Wildman–Crippen MR) is 120 cm³/mol. The van der Waals surface area contributed by atoms with E-state index in [0.717, 1.165) is 62.8 Å². The van der Waals surface area contributed by atoms with E-state index in [0.29, 0.717) is 25.0 Å². The zero-order valence-electron chi connectivity index (χ0n) is 18.4. The monoisotopic (exact) mass is 441 g/mol. The topological polar surface area (TPSA) is 51.2 Å². The Hall–Kier alpha value is -2.31. The van der Waals surface area contributed by atoms with Crippen LogP contribution in [0.5, 0.6) is 17.2 Å². The molecule has 1 N–H and O–H groups in total. The number of ether oxygens (including phenoxy) is 3. The number of likely N-dealkylation sites (tertiary alicyclic amines) is 1. The summed E-state index contributed by atoms with van der Waals surface area (Å²) < 4.78 is 30.2. The fraction of sp³-hybridized carbons (Fsp3) is 0.538. The van der Waals surface area contributed by atoms with Gasteiger partial charge in [0, 0.05) is 62.2 Å². The van der Waals surface area contributed by atoms with Gasteiger partial charge in [-0.25, -0.2) is 0 Å². The number of aromatic hydroxyl groups is 1. The van der Waals surface area contributed by atoms with Crippen molar-refractivity contribution >= 4 is 0 Å². The van der Waals surface area contributed by atoms with Crippen molar-refractivity contribution in [3.63, 3.8) is 0 Å². The first kappa shape index (κ1) is 21.5. The van der Waals surface area contributed by atoms with E-state index in [1.54, 1.807) is 12.1 Å². The molecule has 3 aliphatic heterocycles. The van der Waals surface area contributed by atoms with Gasteiger partial charge < -0.3 is 19.3 Å². The lowest BCUT2D eigenvalue weighted by Gasteiger charge is -2.40. The van der Waals surface area contributed by atoms with E-state index in [-0.39, 0.29) is 24.3 Å². The molecule has 2 aromatic carbocycles. The van der Waals surface area contributed by atoms with Crippen LogP contribution in [0.25, 0.3) is 0 Å². The summed E-state index contributed by atoms with van der Waals surface area (Å²) in [6, 6.07) is 13.9. The summed E-state index contributed by atoms with van der Waals surface area (Å²) in [5.41, 5.74) is 2.39. The van der Waals surface area contributed by atoms with Crippen LogP contribution in [0.1, 0.15) is 29.9 Å². The van der Waals surface area contributed by atoms with Crippen LogP contribution in [-0.4, -0.2) is 62.7 Å². The number of hydrogen-bond donors (Lipinski definition) is 1. The van der Waals surface area contributed by atoms with E-state index in [1.165, 1.54) is 5.56 Å². The van der Waals surface area contributed by atoms with Gasteiger partial charge in [-0.3, -0.25) is 9.29 Å². The third-order valence-electron chi connectivity index (χ3n) is 7.23. The molecule has 0 aliphatic carbocycles. The normalized spacial score (nSPS) is 24.4. The van der Waals surface area contributed by atoms with Crippen molar-refractivity contribution in [2.45, 2.75) is 18.8 Å². The van der Waals surface area contributed by atoms with Gasteiger partial charge in [-0.15, -0.1) is 0 Å². The molecule has 0 saturated carbocycles. The number of phenols is 1. The molecule has 5 nitrogen and oxygen atoms in total. The Labute approximate surface area is 189 Å². The Morgan fingerprint density at radius 2 is 1.84 bits per heavy atom. The third kappa shape index (κ3) is 4.57. The number of phenolic OH excluding ortho intramolecular Hbond substituents is 1. The number of rotatable bonds is 7. The molecular weight excluding hydrogens is 409 g/mol. The van der Waals surface area contributed by atoms with Crippen LogP contribution in [0.2, 0.25) is 0 Å². The molecule has 0 spiro atoms. The smallest absolute Gasteiger partial charge is 0.126 e. The molecule has 3 aliphatic rings. The Bertz CT molecular complexity index is 893. The van der Waals surface area contributed by atoms with Gasteiger partial charge in [-0.1, -0.05) is 18.2 Å². The summed E-state index contributed by atoms with van der Waals surface area (Å²) >= 11 is 0. The van der Waals surface area contributed by atoms with Gasteiger partial charge in [0.15, 0.2) is 0 Å². The van der Waals surface area contributed by atoms with Crippen molar-refractivity contribution in [2.24, 2.45) is 17.8 Å². The quantitative estimate of drug-likeness (QED) is 0.697. The highest BCUT2D eigenvalue weighted by atomic mass is 19.1. The first-order valence-electron chi connectivity index (χ1n) is 11.8. The average molecular weight is 442 g/mol. The highest BCUT2D eigenvalue weighted by Gasteiger charge is 2.38. The molecular formula is C26H32FNO4. The molecule has 2 fully saturated rings. The minimum Gasteiger partial charge on any atom is -0.508 e. The van der Waals surface area contributed by atoms with Crippen molar-refractivity contribution in [1.29, 1.82) is 0 Å². The second-order valence-electron chi connectivity index (χ2n) is 9.32. The van der Waals surface area contributed by atoms with Crippen molar-refractivity contribution in [3.05, 3.63) is 53.6 Å². The first-order valence-corrected chi connectivity index (χ1v) is 11.8. The molecule has 0 aromatic heterocycles. The van der Waals surface area contributed by atoms with E-state index in [9.17, 15) is 9.50 Å². The van der Waals surface area contributed by atoms with Gasteiger partial charge in [0.1, 0.15) is 23.9 Å². The van der Waals surface area contributed by atoms with Crippen LogP contribution in [0.4, 0.5) is 4.39 Å². The molecule has 6 heteroatoms. The van der Waals surface area contributed by atoms with Crippen LogP contribution < -0.4 is 9.47 Å². The molecule has 172 valence electrons. The van der Waals surface area contributed by atoms with Gasteiger partial charge in [0.25, 0.3) is 0 Å². The third-order valence-corrected chi connectivity index (χ3v) is 7.23. The maximum Gasteiger partial charge on any atom is 0.126 e. The molecule has 0 bridgehead atoms.